The van der Waals surface area contributed by atoms with Crippen molar-refractivity contribution in [2.75, 3.05) is 12.4 Å². The normalized spacial score (nSPS) is 17.1. The Morgan fingerprint density at radius 1 is 0.967 bits per heavy atom. The minimum Gasteiger partial charge on any atom is -0.496 e. The molecule has 0 aromatic heterocycles. The van der Waals surface area contributed by atoms with E-state index in [4.69, 9.17) is 9.47 Å². The highest BCUT2D eigenvalue weighted by molar-refractivity contribution is 6.06. The summed E-state index contributed by atoms with van der Waals surface area (Å²) >= 11 is 0. The van der Waals surface area contributed by atoms with Crippen molar-refractivity contribution >= 4 is 17.6 Å². The molecule has 1 fully saturated rings. The minimum atomic E-state index is -0.380. The van der Waals surface area contributed by atoms with Gasteiger partial charge in [0.2, 0.25) is 0 Å². The molecule has 5 nitrogen and oxygen atoms in total. The van der Waals surface area contributed by atoms with Crippen LogP contribution < -0.4 is 14.8 Å². The Labute approximate surface area is 173 Å². The fourth-order valence-corrected chi connectivity index (χ4v) is 3.40. The van der Waals surface area contributed by atoms with Gasteiger partial charge in [0.25, 0.3) is 5.91 Å². The number of halogens is 1. The lowest BCUT2D eigenvalue weighted by atomic mass is 10.1. The third-order valence-electron chi connectivity index (χ3n) is 5.08. The summed E-state index contributed by atoms with van der Waals surface area (Å²) in [5, 5.41) is 2.78. The lowest BCUT2D eigenvalue weighted by molar-refractivity contribution is -0.135. The summed E-state index contributed by atoms with van der Waals surface area (Å²) in [6.07, 6.45) is 0.576. The van der Waals surface area contributed by atoms with Crippen LogP contribution >= 0.6 is 0 Å². The first-order valence-electron chi connectivity index (χ1n) is 9.57. The van der Waals surface area contributed by atoms with Crippen LogP contribution in [0.1, 0.15) is 28.3 Å². The van der Waals surface area contributed by atoms with Gasteiger partial charge in [-0.3, -0.25) is 9.59 Å². The van der Waals surface area contributed by atoms with Gasteiger partial charge < -0.3 is 14.8 Å². The van der Waals surface area contributed by atoms with Gasteiger partial charge in [-0.1, -0.05) is 30.3 Å². The monoisotopic (exact) mass is 405 g/mol. The number of carbonyl (C=O) groups excluding carboxylic acids is 2. The van der Waals surface area contributed by atoms with Crippen LogP contribution in [-0.2, 0) is 4.79 Å². The number of esters is 1. The van der Waals surface area contributed by atoms with Crippen LogP contribution in [0.2, 0.25) is 0 Å². The lowest BCUT2D eigenvalue weighted by Gasteiger charge is -2.10. The number of carbonyl (C=O) groups is 2. The van der Waals surface area contributed by atoms with E-state index in [9.17, 15) is 14.0 Å². The zero-order chi connectivity index (χ0) is 21.1. The molecule has 0 bridgehead atoms. The molecule has 0 heterocycles. The van der Waals surface area contributed by atoms with Crippen LogP contribution in [0.25, 0.3) is 0 Å². The second-order valence-corrected chi connectivity index (χ2v) is 7.07. The maximum atomic E-state index is 13.9. The van der Waals surface area contributed by atoms with Crippen LogP contribution in [0.5, 0.6) is 11.5 Å². The molecule has 1 aliphatic rings. The molecule has 152 valence electrons. The molecule has 30 heavy (non-hydrogen) atoms. The third-order valence-corrected chi connectivity index (χ3v) is 5.08. The Morgan fingerprint density at radius 3 is 2.40 bits per heavy atom. The maximum absolute atomic E-state index is 13.9. The average Bonchev–Trinajstić information content (AvgIpc) is 3.56. The smallest absolute Gasteiger partial charge is 0.314 e. The van der Waals surface area contributed by atoms with Gasteiger partial charge in [-0.15, -0.1) is 0 Å². The van der Waals surface area contributed by atoms with Gasteiger partial charge in [0.15, 0.2) is 0 Å². The number of hydrogen-bond acceptors (Lipinski definition) is 4. The van der Waals surface area contributed by atoms with Crippen LogP contribution in [0, 0.1) is 11.7 Å². The topological polar surface area (TPSA) is 64.6 Å². The molecular formula is C24H20FNO4. The number of methoxy groups -OCH3 is 1. The zero-order valence-electron chi connectivity index (χ0n) is 16.3. The van der Waals surface area contributed by atoms with E-state index in [1.807, 2.05) is 0 Å². The molecule has 6 heteroatoms. The Hall–Kier alpha value is -3.67. The summed E-state index contributed by atoms with van der Waals surface area (Å²) in [6, 6.07) is 19.9. The van der Waals surface area contributed by atoms with Gasteiger partial charge in [-0.25, -0.2) is 4.39 Å². The number of para-hydroxylation sites is 1. The summed E-state index contributed by atoms with van der Waals surface area (Å²) < 4.78 is 24.5. The molecule has 3 aromatic rings. The highest BCUT2D eigenvalue weighted by atomic mass is 19.1. The number of benzene rings is 3. The first-order valence-corrected chi connectivity index (χ1v) is 9.57. The number of anilines is 1. The quantitative estimate of drug-likeness (QED) is 0.473. The van der Waals surface area contributed by atoms with E-state index in [0.717, 1.165) is 0 Å². The number of nitrogens with one attached hydrogen (secondary N) is 1. The number of rotatable bonds is 6. The molecule has 1 aliphatic carbocycles. The fourth-order valence-electron chi connectivity index (χ4n) is 3.40. The van der Waals surface area contributed by atoms with Gasteiger partial charge >= 0.3 is 5.97 Å². The first-order chi connectivity index (χ1) is 14.6. The Bertz CT molecular complexity index is 1080. The van der Waals surface area contributed by atoms with Crippen molar-refractivity contribution in [2.45, 2.75) is 12.3 Å². The molecule has 0 saturated heterocycles. The molecule has 1 N–H and O–H groups in total. The van der Waals surface area contributed by atoms with Gasteiger partial charge in [0, 0.05) is 11.6 Å². The van der Waals surface area contributed by atoms with Gasteiger partial charge in [-0.2, -0.15) is 0 Å². The van der Waals surface area contributed by atoms with E-state index in [1.54, 1.807) is 66.7 Å². The molecule has 1 amide bonds. The van der Waals surface area contributed by atoms with Gasteiger partial charge in [-0.05, 0) is 54.4 Å². The maximum Gasteiger partial charge on any atom is 0.314 e. The van der Waals surface area contributed by atoms with Gasteiger partial charge in [0.1, 0.15) is 17.3 Å². The molecule has 2 atom stereocenters. The molecule has 3 aromatic carbocycles. The largest absolute Gasteiger partial charge is 0.496 e. The minimum absolute atomic E-state index is 0.141. The van der Waals surface area contributed by atoms with Crippen molar-refractivity contribution in [3.63, 3.8) is 0 Å². The summed E-state index contributed by atoms with van der Waals surface area (Å²) in [5.41, 5.74) is 1.53. The average molecular weight is 405 g/mol. The van der Waals surface area contributed by atoms with Crippen LogP contribution in [0.15, 0.2) is 72.8 Å². The van der Waals surface area contributed by atoms with Crippen LogP contribution in [0.3, 0.4) is 0 Å². The molecule has 4 rings (SSSR count). The van der Waals surface area contributed by atoms with Crippen molar-refractivity contribution < 1.29 is 23.5 Å². The molecule has 2 unspecified atom stereocenters. The summed E-state index contributed by atoms with van der Waals surface area (Å²) in [6.45, 7) is 0. The number of ether oxygens (including phenoxy) is 2. The van der Waals surface area contributed by atoms with E-state index in [0.29, 0.717) is 34.7 Å². The summed E-state index contributed by atoms with van der Waals surface area (Å²) in [5.74, 6) is -0.612. The van der Waals surface area contributed by atoms with Crippen molar-refractivity contribution in [3.05, 3.63) is 89.7 Å². The van der Waals surface area contributed by atoms with E-state index >= 15 is 0 Å². The third kappa shape index (κ3) is 4.17. The van der Waals surface area contributed by atoms with Crippen molar-refractivity contribution in [2.24, 2.45) is 5.92 Å². The van der Waals surface area contributed by atoms with Crippen molar-refractivity contribution in [1.82, 2.24) is 0 Å². The molecule has 0 spiro atoms. The van der Waals surface area contributed by atoms with Gasteiger partial charge in [0.05, 0.1) is 18.6 Å². The Morgan fingerprint density at radius 2 is 1.67 bits per heavy atom. The summed E-state index contributed by atoms with van der Waals surface area (Å²) in [7, 11) is 1.51. The summed E-state index contributed by atoms with van der Waals surface area (Å²) in [4.78, 5) is 24.8. The number of hydrogen-bond donors (Lipinski definition) is 1. The molecule has 0 aliphatic heterocycles. The Balaban J connectivity index is 1.36. The zero-order valence-corrected chi connectivity index (χ0v) is 16.3. The first kappa shape index (κ1) is 19.6. The Kier molecular flexibility index (Phi) is 5.48. The second-order valence-electron chi connectivity index (χ2n) is 7.07. The number of amides is 1. The van der Waals surface area contributed by atoms with Crippen molar-refractivity contribution in [1.29, 1.82) is 0 Å². The van der Waals surface area contributed by atoms with E-state index in [-0.39, 0.29) is 29.5 Å². The molecule has 0 radical (unpaired) electrons. The molecular weight excluding hydrogens is 385 g/mol. The highest BCUT2D eigenvalue weighted by Gasteiger charge is 2.46. The second kappa shape index (κ2) is 8.37. The van der Waals surface area contributed by atoms with E-state index in [1.165, 1.54) is 13.2 Å². The fraction of sp³-hybridized carbons (Fsp3) is 0.167. The van der Waals surface area contributed by atoms with E-state index < -0.39 is 0 Å². The predicted octanol–water partition coefficient (Wildman–Crippen LogP) is 4.80. The van der Waals surface area contributed by atoms with Crippen molar-refractivity contribution in [3.8, 4) is 11.5 Å². The SMILES string of the molecule is COc1ccccc1C(=O)Nc1ccc(OC(=O)C2CC2c2ccccc2F)cc1. The van der Waals surface area contributed by atoms with Crippen LogP contribution in [0.4, 0.5) is 10.1 Å². The highest BCUT2D eigenvalue weighted by Crippen LogP contribution is 2.48. The van der Waals surface area contributed by atoms with Crippen LogP contribution in [-0.4, -0.2) is 19.0 Å². The predicted molar refractivity (Wildman–Crippen MR) is 110 cm³/mol. The lowest BCUT2D eigenvalue weighted by Crippen LogP contribution is -2.13. The van der Waals surface area contributed by atoms with E-state index in [2.05, 4.69) is 5.32 Å². The standard InChI is InChI=1S/C24H20FNO4/c1-29-22-9-5-3-7-18(22)23(27)26-15-10-12-16(13-11-15)30-24(28)20-14-19(20)17-6-2-4-8-21(17)25/h2-13,19-20H,14H2,1H3,(H,26,27). The molecule has 1 saturated carbocycles.